The maximum Gasteiger partial charge on any atom is 0.319 e. The highest BCUT2D eigenvalue weighted by Crippen LogP contribution is 2.39. The van der Waals surface area contributed by atoms with E-state index in [9.17, 15) is 57.5 Å². The molecule has 0 radical (unpaired) electrons. The topological polar surface area (TPSA) is 629 Å². The number of nitrogens with two attached hydrogens (primary N) is 6. The molecule has 0 unspecified atom stereocenters. The Kier molecular flexibility index (Phi) is 53.9. The summed E-state index contributed by atoms with van der Waals surface area (Å²) in [6, 6.07) is 9.73. The Labute approximate surface area is 859 Å². The van der Waals surface area contributed by atoms with Crippen molar-refractivity contribution in [2.75, 3.05) is 180 Å². The number of anilines is 2. The van der Waals surface area contributed by atoms with E-state index in [2.05, 4.69) is 83.8 Å². The number of amides is 8. The van der Waals surface area contributed by atoms with E-state index >= 15 is 0 Å². The first-order valence-electron chi connectivity index (χ1n) is 50.3. The van der Waals surface area contributed by atoms with Gasteiger partial charge >= 0.3 is 24.0 Å². The molecule has 804 valence electrons. The van der Waals surface area contributed by atoms with Crippen LogP contribution < -0.4 is 98.2 Å². The van der Waals surface area contributed by atoms with Gasteiger partial charge in [0.1, 0.15) is 23.1 Å². The number of nitrogens with one attached hydrogen (secondary N) is 12. The minimum Gasteiger partial charge on any atom is -0.469 e. The summed E-state index contributed by atoms with van der Waals surface area (Å²) in [6.07, 6.45) is 17.8. The first kappa shape index (κ1) is 116. The molecule has 8 amide bonds. The lowest BCUT2D eigenvalue weighted by Gasteiger charge is -2.16. The van der Waals surface area contributed by atoms with Crippen molar-refractivity contribution in [3.05, 3.63) is 58.7 Å². The molecule has 0 saturated carbocycles. The minimum absolute atomic E-state index is 0. The van der Waals surface area contributed by atoms with Gasteiger partial charge in [0.15, 0.2) is 23.8 Å². The molecule has 2 aromatic rings. The number of thioether (sulfide) groups is 4. The van der Waals surface area contributed by atoms with Gasteiger partial charge in [0.05, 0.1) is 140 Å². The molecule has 8 heterocycles. The highest BCUT2D eigenvalue weighted by atomic mass is 32.2. The Hall–Kier alpha value is -9.36. The van der Waals surface area contributed by atoms with Crippen molar-refractivity contribution in [1.82, 2.24) is 53.2 Å². The first-order valence-corrected chi connectivity index (χ1v) is 54.5. The molecule has 2 aromatic carbocycles. The van der Waals surface area contributed by atoms with E-state index in [1.54, 1.807) is 0 Å². The number of hydrogen-bond acceptors (Lipinski definition) is 38. The number of carbonyl (C=O) groups is 12. The summed E-state index contributed by atoms with van der Waals surface area (Å²) in [4.78, 5) is 174. The number of aliphatic imine (C=N–C) groups is 4. The van der Waals surface area contributed by atoms with E-state index in [4.69, 9.17) is 72.3 Å². The Morgan fingerprint density at radius 3 is 0.915 bits per heavy atom. The van der Waals surface area contributed by atoms with Gasteiger partial charge in [-0.1, -0.05) is 38.5 Å². The molecule has 0 spiro atoms. The van der Waals surface area contributed by atoms with Crippen molar-refractivity contribution < 1.29 is 104 Å². The second kappa shape index (κ2) is 65.9. The van der Waals surface area contributed by atoms with Gasteiger partial charge in [0.2, 0.25) is 0 Å². The third-order valence-electron chi connectivity index (χ3n) is 25.3. The number of benzene rings is 2. The van der Waals surface area contributed by atoms with E-state index in [0.29, 0.717) is 213 Å². The molecular formula is C96H166N22O20S4. The minimum atomic E-state index is -0.594. The number of nitrogens with zero attached hydrogens (tertiary/aromatic N) is 4. The van der Waals surface area contributed by atoms with Gasteiger partial charge in [-0.3, -0.25) is 47.9 Å². The molecule has 142 heavy (non-hydrogen) atoms. The second-order valence-corrected chi connectivity index (χ2v) is 41.4. The molecule has 0 bridgehead atoms. The largest absolute Gasteiger partial charge is 0.469 e. The predicted octanol–water partition coefficient (Wildman–Crippen LogP) is 5.89. The van der Waals surface area contributed by atoms with Crippen molar-refractivity contribution in [1.29, 1.82) is 0 Å². The van der Waals surface area contributed by atoms with Crippen LogP contribution in [-0.2, 0) is 66.7 Å². The standard InChI is InChI=1S/C51H81N11O11S2.C45H73N11O9S2.6H2/c1-70-47(67)32(28-37(63)13-3-5-15-41-43-39(30-74-41)59-49(53)61-43)11-7-9-18-55-45(65)34-25-35(27-36(26-34)58-51(69)57-20-22-73-24-23-72-21-17-52)46(66)56-19-10-8-12-33(48(68)71-2)29-38(64)14-4-6-16-42-44-40(31-75-42)60-50(54)62-44;46-13-19-64-23-24-65-22-16-51-45(61)52-32-26-30(41(59)49-14-20-62-17-5-9-33(57)7-1-3-11-37-39-35(28-66-37)53-43(47)55-39)25-31(27-32)42(60)50-15-21-63-18-6-10-34(58)8-2-4-12-38-40-36(29-67-38)54-44(48)56-40;;;;;;/h25-27,32-33,39-44H,3-24,28-31,52H2,1-2H3,(H,55,65)(H,56,66)(H3,53,59,61)(H3,54,60,62)(H2,57,58,69);25-27,35-40H,1-24,28-29,46H2,(H,49,59)(H,50,60)(H3,47,53,55)(H3,48,54,56)(H2,51,52,61);6*1H/t32-,33-,39+,40+,41+,42+,43+,44+;35-,36-,37-,38-,39-,40-;;;;;;/m10....../s1. The Balaban J connectivity index is 0.000000735. The number of ketones is 4. The molecule has 0 aromatic heterocycles. The number of fused-ring (bicyclic) bond motifs is 4. The number of Topliss-reactive ketones (excluding diaryl/α,β-unsaturated/α-hetero) is 4. The maximum atomic E-state index is 13.6. The molecule has 4 saturated heterocycles. The lowest BCUT2D eigenvalue weighted by molar-refractivity contribution is -0.148. The first-order chi connectivity index (χ1) is 68.9. The van der Waals surface area contributed by atoms with Crippen molar-refractivity contribution in [3.8, 4) is 0 Å². The fourth-order valence-corrected chi connectivity index (χ4v) is 24.0. The van der Waals surface area contributed by atoms with Crippen molar-refractivity contribution in [2.24, 2.45) is 66.2 Å². The molecule has 42 nitrogen and oxygen atoms in total. The number of rotatable bonds is 72. The molecule has 14 atom stereocenters. The molecule has 10 rings (SSSR count). The van der Waals surface area contributed by atoms with Crippen molar-refractivity contribution in [3.63, 3.8) is 0 Å². The van der Waals surface area contributed by atoms with E-state index in [0.717, 1.165) is 100 Å². The number of ether oxygens (including phenoxy) is 8. The Morgan fingerprint density at radius 2 is 0.613 bits per heavy atom. The number of urea groups is 2. The lowest BCUT2D eigenvalue weighted by atomic mass is 9.94. The molecule has 4 fully saturated rings. The normalized spacial score (nSPS) is 21.2. The van der Waals surface area contributed by atoms with Crippen LogP contribution in [-0.4, -0.2) is 333 Å². The molecular weight excluding hydrogens is 1910 g/mol. The SMILES string of the molecule is COC(=O)[C@H](CCCCNC(=O)c1cc(NC(=O)NCCOCCOCCN)cc(C(=O)NCCCC[C@H](CC(=O)CCCC[C@@H]2SC[C@@H]3NC(N)=N[C@@H]32)C(=O)OC)c1)CC(=O)CCCC[C@@H]1SC[C@@H]2NC(N)=N[C@@H]21.NCCOCCOCCNC(=O)Nc1cc(C(=O)NCCOCCCC(=O)CCCC[C@@H]2SC[C@@H]3NC(N)=N[C@@H]32)cc(C(=O)NCCOCCCC(=O)CCCC[C@@H]2SC[C@@H]3NC(N)=N[C@@H]32)c1.[HH].[HH].[HH].[HH].[HH].[HH]. The van der Waals surface area contributed by atoms with E-state index in [1.165, 1.54) is 50.6 Å². The summed E-state index contributed by atoms with van der Waals surface area (Å²) in [6.45, 7) is 6.14. The Morgan fingerprint density at radius 1 is 0.338 bits per heavy atom. The number of carbonyl (C=O) groups excluding carboxylic acids is 12. The number of unbranched alkanes of at least 4 members (excludes halogenated alkanes) is 6. The van der Waals surface area contributed by atoms with Crippen LogP contribution >= 0.6 is 47.0 Å². The smallest absolute Gasteiger partial charge is 0.319 e. The van der Waals surface area contributed by atoms with Crippen LogP contribution in [0.4, 0.5) is 21.0 Å². The van der Waals surface area contributed by atoms with Gasteiger partial charge < -0.3 is 136 Å². The quantitative estimate of drug-likeness (QED) is 0.0271. The Bertz CT molecular complexity index is 4280. The predicted molar refractivity (Wildman–Crippen MR) is 567 cm³/mol. The summed E-state index contributed by atoms with van der Waals surface area (Å²) in [5.41, 5.74) is 35.2. The van der Waals surface area contributed by atoms with Crippen LogP contribution in [0.2, 0.25) is 0 Å². The molecule has 0 aliphatic carbocycles. The summed E-state index contributed by atoms with van der Waals surface area (Å²) in [7, 11) is 2.62. The highest BCUT2D eigenvalue weighted by Gasteiger charge is 2.44. The van der Waals surface area contributed by atoms with Crippen molar-refractivity contribution >= 4 is 153 Å². The van der Waals surface area contributed by atoms with Gasteiger partial charge in [-0.25, -0.2) is 29.6 Å². The average molecular weight is 2080 g/mol. The molecule has 8 aliphatic rings. The highest BCUT2D eigenvalue weighted by molar-refractivity contribution is 8.01. The molecule has 46 heteroatoms. The summed E-state index contributed by atoms with van der Waals surface area (Å²) < 4.78 is 42.9. The van der Waals surface area contributed by atoms with Gasteiger partial charge in [-0.2, -0.15) is 47.0 Å². The fraction of sp³-hybridized carbons (Fsp3) is 0.708. The molecule has 8 aliphatic heterocycles. The van der Waals surface area contributed by atoms with Crippen molar-refractivity contribution in [2.45, 2.75) is 249 Å². The fourth-order valence-electron chi connectivity index (χ4n) is 17.9. The number of esters is 2. The summed E-state index contributed by atoms with van der Waals surface area (Å²) in [5, 5.41) is 36.7. The van der Waals surface area contributed by atoms with Gasteiger partial charge in [0, 0.05) is 203 Å². The van der Waals surface area contributed by atoms with Crippen LogP contribution in [0.1, 0.15) is 230 Å². The summed E-state index contributed by atoms with van der Waals surface area (Å²) in [5.74, 6) is 2.51. The average Bonchev–Trinajstić information content (AvgIpc) is 1.73. The van der Waals surface area contributed by atoms with Gasteiger partial charge in [-0.15, -0.1) is 0 Å². The monoisotopic (exact) mass is 2080 g/mol. The third-order valence-corrected chi connectivity index (χ3v) is 31.2. The van der Waals surface area contributed by atoms with Crippen LogP contribution in [0.25, 0.3) is 0 Å². The van der Waals surface area contributed by atoms with Crippen LogP contribution in [0.15, 0.2) is 56.4 Å². The van der Waals surface area contributed by atoms with Gasteiger partial charge in [0.25, 0.3) is 23.6 Å². The second-order valence-electron chi connectivity index (χ2n) is 36.3. The summed E-state index contributed by atoms with van der Waals surface area (Å²) >= 11 is 7.63. The van der Waals surface area contributed by atoms with Crippen LogP contribution in [0.3, 0.4) is 0 Å². The van der Waals surface area contributed by atoms with Gasteiger partial charge in [-0.05, 0) is 126 Å². The molecule has 24 N–H and O–H groups in total. The number of methoxy groups -OCH3 is 2. The third kappa shape index (κ3) is 42.7. The number of hydrogen-bond donors (Lipinski definition) is 18. The van der Waals surface area contributed by atoms with E-state index < -0.39 is 59.5 Å². The lowest BCUT2D eigenvalue weighted by Crippen LogP contribution is -2.38. The van der Waals surface area contributed by atoms with Crippen LogP contribution in [0, 0.1) is 11.8 Å². The zero-order chi connectivity index (χ0) is 102. The maximum absolute atomic E-state index is 13.6. The number of guanidine groups is 4. The van der Waals surface area contributed by atoms with E-state index in [1.807, 2.05) is 47.0 Å². The zero-order valence-electron chi connectivity index (χ0n) is 82.4. The zero-order valence-corrected chi connectivity index (χ0v) is 85.6. The van der Waals surface area contributed by atoms with Crippen LogP contribution in [0.5, 0.6) is 0 Å². The van der Waals surface area contributed by atoms with E-state index in [-0.39, 0.29) is 180 Å².